The summed E-state index contributed by atoms with van der Waals surface area (Å²) in [5.74, 6) is -2.88. The summed E-state index contributed by atoms with van der Waals surface area (Å²) in [6, 6.07) is 17.0. The summed E-state index contributed by atoms with van der Waals surface area (Å²) >= 11 is 0. The molecule has 2 aromatic carbocycles. The van der Waals surface area contributed by atoms with Gasteiger partial charge < -0.3 is 25.5 Å². The van der Waals surface area contributed by atoms with E-state index in [1.807, 2.05) is 12.1 Å². The lowest BCUT2D eigenvalue weighted by Crippen LogP contribution is -2.56. The van der Waals surface area contributed by atoms with Gasteiger partial charge in [0, 0.05) is 23.5 Å². The number of nitriles is 1. The Labute approximate surface area is 208 Å². The van der Waals surface area contributed by atoms with Crippen LogP contribution >= 0.6 is 0 Å². The molecular weight excluding hydrogens is 460 g/mol. The van der Waals surface area contributed by atoms with Gasteiger partial charge in [-0.3, -0.25) is 9.59 Å². The summed E-state index contributed by atoms with van der Waals surface area (Å²) in [7, 11) is 1.62. The molecule has 0 aliphatic heterocycles. The summed E-state index contributed by atoms with van der Waals surface area (Å²) in [4.78, 5) is 39.3. The highest BCUT2D eigenvalue weighted by molar-refractivity contribution is 6.06. The van der Waals surface area contributed by atoms with Crippen molar-refractivity contribution >= 4 is 28.7 Å². The van der Waals surface area contributed by atoms with E-state index in [9.17, 15) is 24.8 Å². The highest BCUT2D eigenvalue weighted by atomic mass is 16.5. The van der Waals surface area contributed by atoms with Gasteiger partial charge in [0.25, 0.3) is 0 Å². The first-order valence-electron chi connectivity index (χ1n) is 11.8. The van der Waals surface area contributed by atoms with E-state index in [2.05, 4.69) is 5.32 Å². The molecule has 1 heterocycles. The molecular formula is C27H28N4O5. The number of aromatic carboxylic acids is 1. The van der Waals surface area contributed by atoms with Crippen LogP contribution < -0.4 is 15.8 Å². The number of aromatic nitrogens is 1. The molecule has 3 aromatic rings. The Morgan fingerprint density at radius 3 is 2.56 bits per heavy atom. The van der Waals surface area contributed by atoms with E-state index in [0.29, 0.717) is 35.9 Å². The minimum absolute atomic E-state index is 0.0704. The third-order valence-corrected chi connectivity index (χ3v) is 7.05. The number of amides is 2. The van der Waals surface area contributed by atoms with E-state index in [0.717, 1.165) is 0 Å². The first kappa shape index (κ1) is 24.8. The van der Waals surface area contributed by atoms with Crippen molar-refractivity contribution in [2.24, 2.45) is 18.7 Å². The third-order valence-electron chi connectivity index (χ3n) is 7.05. The van der Waals surface area contributed by atoms with E-state index < -0.39 is 35.2 Å². The van der Waals surface area contributed by atoms with E-state index >= 15 is 0 Å². The molecule has 0 bridgehead atoms. The lowest BCUT2D eigenvalue weighted by molar-refractivity contribution is -0.137. The molecule has 2 amide bonds. The molecule has 36 heavy (non-hydrogen) atoms. The fourth-order valence-corrected chi connectivity index (χ4v) is 5.42. The molecule has 0 spiro atoms. The number of aryl methyl sites for hydroxylation is 1. The van der Waals surface area contributed by atoms with E-state index in [4.69, 9.17) is 10.5 Å². The number of nitrogens with one attached hydrogen (secondary N) is 1. The van der Waals surface area contributed by atoms with Crippen molar-refractivity contribution in [1.29, 1.82) is 5.26 Å². The van der Waals surface area contributed by atoms with Gasteiger partial charge in [-0.05, 0) is 31.0 Å². The van der Waals surface area contributed by atoms with Gasteiger partial charge in [-0.1, -0.05) is 49.2 Å². The summed E-state index contributed by atoms with van der Waals surface area (Å²) in [6.45, 7) is -0.0861. The minimum atomic E-state index is -1.54. The number of carbonyl (C=O) groups is 3. The van der Waals surface area contributed by atoms with Crippen molar-refractivity contribution in [3.8, 4) is 11.8 Å². The molecule has 3 atom stereocenters. The smallest absolute Gasteiger partial charge is 0.352 e. The van der Waals surface area contributed by atoms with Crippen LogP contribution in [0.25, 0.3) is 10.9 Å². The van der Waals surface area contributed by atoms with Gasteiger partial charge in [0.15, 0.2) is 6.04 Å². The molecule has 1 aliphatic carbocycles. The van der Waals surface area contributed by atoms with Crippen LogP contribution in [0.4, 0.5) is 0 Å². The summed E-state index contributed by atoms with van der Waals surface area (Å²) in [6.07, 6.45) is 1.83. The predicted octanol–water partition coefficient (Wildman–Crippen LogP) is 2.88. The predicted molar refractivity (Wildman–Crippen MR) is 132 cm³/mol. The average Bonchev–Trinajstić information content (AvgIpc) is 3.19. The number of carboxylic acids is 1. The highest BCUT2D eigenvalue weighted by Gasteiger charge is 2.54. The molecule has 1 saturated carbocycles. The van der Waals surface area contributed by atoms with Gasteiger partial charge in [-0.25, -0.2) is 4.79 Å². The molecule has 186 valence electrons. The molecule has 0 radical (unpaired) electrons. The van der Waals surface area contributed by atoms with Crippen molar-refractivity contribution in [1.82, 2.24) is 9.88 Å². The Balaban J connectivity index is 1.74. The number of benzene rings is 2. The summed E-state index contributed by atoms with van der Waals surface area (Å²) < 4.78 is 7.15. The Morgan fingerprint density at radius 1 is 1.19 bits per heavy atom. The minimum Gasteiger partial charge on any atom is -0.490 e. The zero-order valence-electron chi connectivity index (χ0n) is 19.9. The second-order valence-electron chi connectivity index (χ2n) is 9.05. The van der Waals surface area contributed by atoms with Crippen molar-refractivity contribution in [2.75, 3.05) is 6.61 Å². The molecule has 1 aliphatic rings. The van der Waals surface area contributed by atoms with Crippen LogP contribution in [0.1, 0.15) is 41.7 Å². The van der Waals surface area contributed by atoms with Gasteiger partial charge in [0.2, 0.25) is 11.8 Å². The van der Waals surface area contributed by atoms with Gasteiger partial charge >= 0.3 is 5.97 Å². The molecule has 1 unspecified atom stereocenters. The first-order chi connectivity index (χ1) is 17.3. The van der Waals surface area contributed by atoms with Crippen molar-refractivity contribution in [3.63, 3.8) is 0 Å². The zero-order valence-corrected chi connectivity index (χ0v) is 19.9. The quantitative estimate of drug-likeness (QED) is 0.444. The normalized spacial score (nSPS) is 20.3. The van der Waals surface area contributed by atoms with Crippen LogP contribution in [-0.2, 0) is 22.1 Å². The monoisotopic (exact) mass is 488 g/mol. The number of para-hydroxylation sites is 2. The maximum Gasteiger partial charge on any atom is 0.352 e. The van der Waals surface area contributed by atoms with E-state index in [-0.39, 0.29) is 24.3 Å². The maximum absolute atomic E-state index is 13.6. The number of ether oxygens (including phenoxy) is 1. The Hall–Kier alpha value is -4.32. The third kappa shape index (κ3) is 4.26. The molecule has 9 heteroatoms. The SMILES string of the molecule is Cn1c(C(=O)O)c([C@]2(C(N)=O)CCCC[C@H]2C(=O)NC(C#N)COc2ccccc2)c2ccccc21. The molecule has 4 N–H and O–H groups in total. The van der Waals surface area contributed by atoms with Crippen LogP contribution in [0.3, 0.4) is 0 Å². The second kappa shape index (κ2) is 10.1. The number of nitrogens with two attached hydrogens (primary N) is 1. The van der Waals surface area contributed by atoms with E-state index in [1.165, 1.54) is 4.57 Å². The zero-order chi connectivity index (χ0) is 25.9. The molecule has 4 rings (SSSR count). The van der Waals surface area contributed by atoms with Crippen molar-refractivity contribution in [2.45, 2.75) is 37.1 Å². The maximum atomic E-state index is 13.6. The fraction of sp³-hybridized carbons (Fsp3) is 0.333. The number of primary amides is 1. The van der Waals surface area contributed by atoms with Crippen LogP contribution in [0, 0.1) is 17.2 Å². The Bertz CT molecular complexity index is 1340. The van der Waals surface area contributed by atoms with Crippen LogP contribution in [0.5, 0.6) is 5.75 Å². The fourth-order valence-electron chi connectivity index (χ4n) is 5.42. The molecule has 9 nitrogen and oxygen atoms in total. The number of carbonyl (C=O) groups excluding carboxylic acids is 2. The topological polar surface area (TPSA) is 147 Å². The summed E-state index contributed by atoms with van der Waals surface area (Å²) in [5.41, 5.74) is 5.29. The van der Waals surface area contributed by atoms with Gasteiger partial charge in [-0.15, -0.1) is 0 Å². The van der Waals surface area contributed by atoms with Gasteiger partial charge in [0.1, 0.15) is 18.1 Å². The van der Waals surface area contributed by atoms with Gasteiger partial charge in [0.05, 0.1) is 17.4 Å². The van der Waals surface area contributed by atoms with Crippen LogP contribution in [0.15, 0.2) is 54.6 Å². The number of fused-ring (bicyclic) bond motifs is 1. The second-order valence-corrected chi connectivity index (χ2v) is 9.05. The number of rotatable bonds is 8. The van der Waals surface area contributed by atoms with Crippen molar-refractivity contribution < 1.29 is 24.2 Å². The standard InChI is InChI=1S/C27H28N4O5/c1-31-21-13-6-5-11-19(21)22(23(31)25(33)34)27(26(29)35)14-8-7-12-20(27)24(32)30-17(15-28)16-36-18-9-3-2-4-10-18/h2-6,9-11,13,17,20H,7-8,12,14,16H2,1H3,(H2,29,35)(H,30,32)(H,33,34)/t17?,20-,27-/m0/s1. The highest BCUT2D eigenvalue weighted by Crippen LogP contribution is 2.48. The number of nitrogens with zero attached hydrogens (tertiary/aromatic N) is 2. The largest absolute Gasteiger partial charge is 0.490 e. The molecule has 0 saturated heterocycles. The number of carboxylic acid groups (broad SMARTS) is 1. The Kier molecular flexibility index (Phi) is 6.97. The average molecular weight is 489 g/mol. The van der Waals surface area contributed by atoms with Crippen LogP contribution in [-0.4, -0.2) is 40.1 Å². The Morgan fingerprint density at radius 2 is 1.89 bits per heavy atom. The summed E-state index contributed by atoms with van der Waals surface area (Å²) in [5, 5.41) is 23.1. The van der Waals surface area contributed by atoms with Crippen molar-refractivity contribution in [3.05, 3.63) is 65.9 Å². The van der Waals surface area contributed by atoms with Gasteiger partial charge in [-0.2, -0.15) is 5.26 Å². The molecule has 1 aromatic heterocycles. The number of hydrogen-bond acceptors (Lipinski definition) is 5. The first-order valence-corrected chi connectivity index (χ1v) is 11.8. The lowest BCUT2D eigenvalue weighted by atomic mass is 9.60. The molecule has 1 fully saturated rings. The lowest BCUT2D eigenvalue weighted by Gasteiger charge is -2.41. The number of hydrogen-bond donors (Lipinski definition) is 3. The van der Waals surface area contributed by atoms with Crippen LogP contribution in [0.2, 0.25) is 0 Å². The van der Waals surface area contributed by atoms with E-state index in [1.54, 1.807) is 55.6 Å².